The lowest BCUT2D eigenvalue weighted by Gasteiger charge is -2.34. The number of non-ortho nitro benzene ring substituents is 1. The van der Waals surface area contributed by atoms with Gasteiger partial charge >= 0.3 is 12.1 Å². The zero-order valence-corrected chi connectivity index (χ0v) is 14.3. The molecule has 1 aromatic rings. The summed E-state index contributed by atoms with van der Waals surface area (Å²) in [5.41, 5.74) is -1.52. The molecule has 0 N–H and O–H groups in total. The van der Waals surface area contributed by atoms with Crippen LogP contribution in [-0.4, -0.2) is 60.0 Å². The minimum atomic E-state index is -4.65. The molecule has 0 aliphatic carbocycles. The van der Waals surface area contributed by atoms with Gasteiger partial charge < -0.3 is 4.74 Å². The summed E-state index contributed by atoms with van der Waals surface area (Å²) in [4.78, 5) is 24.6. The normalized spacial score (nSPS) is 16.5. The molecular weight excluding hydrogens is 355 g/mol. The molecule has 0 radical (unpaired) electrons. The molecule has 1 fully saturated rings. The first-order valence-electron chi connectivity index (χ1n) is 8.09. The Kier molecular flexibility index (Phi) is 6.54. The van der Waals surface area contributed by atoms with Gasteiger partial charge in [0.1, 0.15) is 6.61 Å². The molecule has 0 spiro atoms. The Morgan fingerprint density at radius 3 is 2.38 bits per heavy atom. The van der Waals surface area contributed by atoms with Gasteiger partial charge in [-0.2, -0.15) is 13.2 Å². The molecule has 0 saturated carbocycles. The molecule has 144 valence electrons. The zero-order valence-electron chi connectivity index (χ0n) is 14.3. The third-order valence-electron chi connectivity index (χ3n) is 4.18. The van der Waals surface area contributed by atoms with E-state index in [0.29, 0.717) is 38.8 Å². The number of nitrogens with zero attached hydrogens (tertiary/aromatic N) is 3. The molecule has 0 unspecified atom stereocenters. The highest BCUT2D eigenvalue weighted by molar-refractivity contribution is 5.65. The lowest BCUT2D eigenvalue weighted by atomic mass is 10.0. The lowest BCUT2D eigenvalue weighted by molar-refractivity contribution is -0.385. The zero-order chi connectivity index (χ0) is 19.3. The van der Waals surface area contributed by atoms with Crippen molar-refractivity contribution in [3.05, 3.63) is 39.4 Å². The van der Waals surface area contributed by atoms with E-state index in [1.165, 1.54) is 13.0 Å². The van der Waals surface area contributed by atoms with E-state index >= 15 is 0 Å². The predicted molar refractivity (Wildman–Crippen MR) is 86.4 cm³/mol. The minimum Gasteiger partial charge on any atom is -0.465 e. The highest BCUT2D eigenvalue weighted by Gasteiger charge is 2.35. The van der Waals surface area contributed by atoms with Crippen LogP contribution in [0.4, 0.5) is 18.9 Å². The van der Waals surface area contributed by atoms with Crippen LogP contribution in [-0.2, 0) is 22.3 Å². The number of halogens is 3. The van der Waals surface area contributed by atoms with Crippen molar-refractivity contribution in [1.29, 1.82) is 0 Å². The lowest BCUT2D eigenvalue weighted by Crippen LogP contribution is -2.47. The third-order valence-corrected chi connectivity index (χ3v) is 4.18. The van der Waals surface area contributed by atoms with Crippen LogP contribution in [0.3, 0.4) is 0 Å². The molecule has 1 aliphatic heterocycles. The Balaban J connectivity index is 1.97. The molecular formula is C16H20F3N3O4. The summed E-state index contributed by atoms with van der Waals surface area (Å²) in [7, 11) is 0. The maximum atomic E-state index is 13.2. The van der Waals surface area contributed by atoms with Crippen molar-refractivity contribution in [2.45, 2.75) is 19.6 Å². The van der Waals surface area contributed by atoms with Gasteiger partial charge in [-0.15, -0.1) is 0 Å². The molecule has 1 saturated heterocycles. The van der Waals surface area contributed by atoms with Crippen molar-refractivity contribution in [2.75, 3.05) is 39.3 Å². The second-order valence-corrected chi connectivity index (χ2v) is 6.05. The van der Waals surface area contributed by atoms with Gasteiger partial charge in [-0.25, -0.2) is 0 Å². The number of hydrogen-bond acceptors (Lipinski definition) is 6. The summed E-state index contributed by atoms with van der Waals surface area (Å²) < 4.78 is 44.5. The van der Waals surface area contributed by atoms with Crippen LogP contribution in [0.25, 0.3) is 0 Å². The fourth-order valence-corrected chi connectivity index (χ4v) is 2.81. The van der Waals surface area contributed by atoms with Crippen LogP contribution in [0.2, 0.25) is 0 Å². The number of piperazine rings is 1. The van der Waals surface area contributed by atoms with Crippen LogP contribution >= 0.6 is 0 Å². The standard InChI is InChI=1S/C16H20F3N3O4/c1-12(23)26-9-8-20-4-6-21(7-5-20)11-13-2-3-14(22(24)25)10-15(13)16(17,18)19/h2-3,10H,4-9,11H2,1H3. The van der Waals surface area contributed by atoms with Gasteiger partial charge in [0.15, 0.2) is 0 Å². The van der Waals surface area contributed by atoms with Gasteiger partial charge in [-0.3, -0.25) is 24.7 Å². The largest absolute Gasteiger partial charge is 0.465 e. The molecule has 1 aliphatic rings. The topological polar surface area (TPSA) is 75.9 Å². The smallest absolute Gasteiger partial charge is 0.416 e. The first kappa shape index (κ1) is 20.1. The van der Waals surface area contributed by atoms with Gasteiger partial charge in [0.2, 0.25) is 0 Å². The Labute approximate surface area is 148 Å². The molecule has 26 heavy (non-hydrogen) atoms. The van der Waals surface area contributed by atoms with Gasteiger partial charge in [0.05, 0.1) is 10.5 Å². The van der Waals surface area contributed by atoms with Crippen LogP contribution in [0.1, 0.15) is 18.1 Å². The fraction of sp³-hybridized carbons (Fsp3) is 0.562. The molecule has 10 heteroatoms. The van der Waals surface area contributed by atoms with Gasteiger partial charge in [-0.05, 0) is 5.56 Å². The van der Waals surface area contributed by atoms with Crippen molar-refractivity contribution in [3.8, 4) is 0 Å². The minimum absolute atomic E-state index is 0.0245. The van der Waals surface area contributed by atoms with Gasteiger partial charge in [-0.1, -0.05) is 6.07 Å². The highest BCUT2D eigenvalue weighted by atomic mass is 19.4. The van der Waals surface area contributed by atoms with Crippen molar-refractivity contribution in [3.63, 3.8) is 0 Å². The highest BCUT2D eigenvalue weighted by Crippen LogP contribution is 2.35. The van der Waals surface area contributed by atoms with Crippen LogP contribution in [0.15, 0.2) is 18.2 Å². The number of hydrogen-bond donors (Lipinski definition) is 0. The molecule has 0 aromatic heterocycles. The SMILES string of the molecule is CC(=O)OCCN1CCN(Cc2ccc([N+](=O)[O-])cc2C(F)(F)F)CC1. The van der Waals surface area contributed by atoms with Crippen molar-refractivity contribution in [1.82, 2.24) is 9.80 Å². The number of alkyl halides is 3. The summed E-state index contributed by atoms with van der Waals surface area (Å²) in [5, 5.41) is 10.7. The Morgan fingerprint density at radius 2 is 1.85 bits per heavy atom. The van der Waals surface area contributed by atoms with E-state index in [0.717, 1.165) is 6.07 Å². The molecule has 0 bridgehead atoms. The number of nitro groups is 1. The maximum absolute atomic E-state index is 13.2. The van der Waals surface area contributed by atoms with E-state index in [9.17, 15) is 28.1 Å². The predicted octanol–water partition coefficient (Wildman–Crippen LogP) is 2.29. The fourth-order valence-electron chi connectivity index (χ4n) is 2.81. The molecule has 0 amide bonds. The summed E-state index contributed by atoms with van der Waals surface area (Å²) in [6, 6.07) is 2.86. The van der Waals surface area contributed by atoms with Crippen LogP contribution in [0.5, 0.6) is 0 Å². The maximum Gasteiger partial charge on any atom is 0.416 e. The van der Waals surface area contributed by atoms with Gasteiger partial charge in [0, 0.05) is 58.3 Å². The average Bonchev–Trinajstić information content (AvgIpc) is 2.55. The van der Waals surface area contributed by atoms with E-state index in [1.54, 1.807) is 0 Å². The van der Waals surface area contributed by atoms with E-state index in [1.807, 2.05) is 4.90 Å². The molecule has 0 atom stereocenters. The van der Waals surface area contributed by atoms with E-state index in [2.05, 4.69) is 4.90 Å². The Bertz CT molecular complexity index is 659. The van der Waals surface area contributed by atoms with Crippen LogP contribution in [0, 0.1) is 10.1 Å². The first-order valence-corrected chi connectivity index (χ1v) is 8.09. The summed E-state index contributed by atoms with van der Waals surface area (Å²) in [6.07, 6.45) is -4.65. The van der Waals surface area contributed by atoms with Gasteiger partial charge in [0.25, 0.3) is 5.69 Å². The Morgan fingerprint density at radius 1 is 1.23 bits per heavy atom. The summed E-state index contributed by atoms with van der Waals surface area (Å²) in [6.45, 7) is 4.70. The van der Waals surface area contributed by atoms with Crippen molar-refractivity contribution in [2.24, 2.45) is 0 Å². The third kappa shape index (κ3) is 5.67. The summed E-state index contributed by atoms with van der Waals surface area (Å²) in [5.74, 6) is -0.346. The molecule has 1 aromatic carbocycles. The van der Waals surface area contributed by atoms with E-state index in [-0.39, 0.29) is 24.7 Å². The van der Waals surface area contributed by atoms with E-state index in [4.69, 9.17) is 4.74 Å². The second kappa shape index (κ2) is 8.45. The second-order valence-electron chi connectivity index (χ2n) is 6.05. The van der Waals surface area contributed by atoms with Crippen LogP contribution < -0.4 is 0 Å². The quantitative estimate of drug-likeness (QED) is 0.431. The number of carbonyl (C=O) groups is 1. The summed E-state index contributed by atoms with van der Waals surface area (Å²) >= 11 is 0. The first-order chi connectivity index (χ1) is 12.2. The molecule has 1 heterocycles. The molecule has 2 rings (SSSR count). The monoisotopic (exact) mass is 375 g/mol. The number of esters is 1. The Hall–Kier alpha value is -2.20. The van der Waals surface area contributed by atoms with Crippen molar-refractivity contribution < 1.29 is 27.6 Å². The number of carbonyl (C=O) groups excluding carboxylic acids is 1. The number of nitro benzene ring substituents is 1. The number of rotatable bonds is 6. The van der Waals surface area contributed by atoms with E-state index < -0.39 is 22.4 Å². The number of benzene rings is 1. The average molecular weight is 375 g/mol. The molecule has 7 nitrogen and oxygen atoms in total. The number of ether oxygens (including phenoxy) is 1. The van der Waals surface area contributed by atoms with Crippen molar-refractivity contribution >= 4 is 11.7 Å².